The number of hydrogen-bond donors (Lipinski definition) is 2. The quantitative estimate of drug-likeness (QED) is 0.472. The molecule has 1 saturated heterocycles. The molecule has 0 amide bonds. The van der Waals surface area contributed by atoms with E-state index in [1.165, 1.54) is 6.07 Å². The third-order valence-corrected chi connectivity index (χ3v) is 5.50. The molecule has 148 valence electrons. The summed E-state index contributed by atoms with van der Waals surface area (Å²) in [6, 6.07) is 1.49. The lowest BCUT2D eigenvalue weighted by Crippen LogP contribution is -2.29. The minimum Gasteiger partial charge on any atom is -0.502 e. The molecule has 1 aliphatic heterocycles. The largest absolute Gasteiger partial charge is 0.502 e. The molecular weight excluding hydrogens is 367 g/mol. The van der Waals surface area contributed by atoms with Gasteiger partial charge in [-0.05, 0) is 49.3 Å². The van der Waals surface area contributed by atoms with E-state index in [1.807, 2.05) is 4.90 Å². The molecule has 1 saturated carbocycles. The van der Waals surface area contributed by atoms with Crippen LogP contribution in [0.1, 0.15) is 41.9 Å². The van der Waals surface area contributed by atoms with Crippen molar-refractivity contribution in [3.63, 3.8) is 0 Å². The SMILES string of the molecule is Cc1c(N2CCC(N)C2)c(F)cn2c(=O)c(/C(O)=C/[N+](=O)[O-])cc(C3CC3)c12. The van der Waals surface area contributed by atoms with Gasteiger partial charge in [0.15, 0.2) is 11.6 Å². The minimum atomic E-state index is -0.827. The first-order valence-electron chi connectivity index (χ1n) is 9.21. The van der Waals surface area contributed by atoms with E-state index < -0.39 is 22.1 Å². The number of rotatable bonds is 4. The molecule has 0 spiro atoms. The van der Waals surface area contributed by atoms with Crippen molar-refractivity contribution in [1.82, 2.24) is 4.40 Å². The van der Waals surface area contributed by atoms with E-state index in [4.69, 9.17) is 5.73 Å². The topological polar surface area (TPSA) is 114 Å². The molecule has 1 aliphatic carbocycles. The molecule has 28 heavy (non-hydrogen) atoms. The molecule has 2 aromatic heterocycles. The van der Waals surface area contributed by atoms with Gasteiger partial charge in [0.2, 0.25) is 0 Å². The summed E-state index contributed by atoms with van der Waals surface area (Å²) in [5, 5.41) is 20.7. The maximum atomic E-state index is 15.0. The highest BCUT2D eigenvalue weighted by Crippen LogP contribution is 2.44. The van der Waals surface area contributed by atoms with E-state index in [1.54, 1.807) is 6.92 Å². The molecule has 2 fully saturated rings. The van der Waals surface area contributed by atoms with E-state index >= 15 is 4.39 Å². The molecule has 0 aromatic carbocycles. The minimum absolute atomic E-state index is 0.0216. The average molecular weight is 388 g/mol. The number of anilines is 1. The van der Waals surface area contributed by atoms with E-state index in [2.05, 4.69) is 0 Å². The smallest absolute Gasteiger partial charge is 0.276 e. The highest BCUT2D eigenvalue weighted by atomic mass is 19.1. The lowest BCUT2D eigenvalue weighted by Gasteiger charge is -2.24. The third-order valence-electron chi connectivity index (χ3n) is 5.50. The van der Waals surface area contributed by atoms with E-state index in [0.717, 1.165) is 35.4 Å². The second-order valence-corrected chi connectivity index (χ2v) is 7.56. The Morgan fingerprint density at radius 1 is 1.43 bits per heavy atom. The van der Waals surface area contributed by atoms with Gasteiger partial charge in [0.05, 0.1) is 27.9 Å². The monoisotopic (exact) mass is 388 g/mol. The van der Waals surface area contributed by atoms with Gasteiger partial charge in [-0.2, -0.15) is 0 Å². The van der Waals surface area contributed by atoms with Gasteiger partial charge in [0.1, 0.15) is 0 Å². The summed E-state index contributed by atoms with van der Waals surface area (Å²) in [6.45, 7) is 2.96. The van der Waals surface area contributed by atoms with Gasteiger partial charge in [-0.3, -0.25) is 19.3 Å². The van der Waals surface area contributed by atoms with Gasteiger partial charge >= 0.3 is 0 Å². The predicted molar refractivity (Wildman–Crippen MR) is 103 cm³/mol. The Morgan fingerprint density at radius 3 is 2.71 bits per heavy atom. The van der Waals surface area contributed by atoms with Gasteiger partial charge < -0.3 is 15.7 Å². The van der Waals surface area contributed by atoms with Crippen molar-refractivity contribution in [3.05, 3.63) is 61.4 Å². The van der Waals surface area contributed by atoms with Crippen LogP contribution in [0.3, 0.4) is 0 Å². The molecule has 1 unspecified atom stereocenters. The van der Waals surface area contributed by atoms with Crippen molar-refractivity contribution in [1.29, 1.82) is 0 Å². The molecule has 0 radical (unpaired) electrons. The molecule has 0 bridgehead atoms. The molecule has 3 N–H and O–H groups in total. The summed E-state index contributed by atoms with van der Waals surface area (Å²) in [7, 11) is 0. The zero-order chi connectivity index (χ0) is 20.2. The number of hydrogen-bond acceptors (Lipinski definition) is 6. The van der Waals surface area contributed by atoms with Crippen LogP contribution in [0.15, 0.2) is 23.3 Å². The van der Waals surface area contributed by atoms with E-state index in [0.29, 0.717) is 36.1 Å². The molecule has 4 rings (SSSR count). The summed E-state index contributed by atoms with van der Waals surface area (Å²) >= 11 is 0. The number of nitrogens with zero attached hydrogens (tertiary/aromatic N) is 3. The highest BCUT2D eigenvalue weighted by molar-refractivity contribution is 5.75. The van der Waals surface area contributed by atoms with Crippen LogP contribution in [0.4, 0.5) is 10.1 Å². The molecule has 9 heteroatoms. The third kappa shape index (κ3) is 3.01. The standard InChI is InChI=1S/C19H21FN4O4/c1-10-17-13(11-2-3-11)6-14(16(25)9-24(27)28)19(26)23(17)8-15(20)18(10)22-5-4-12(21)7-22/h6,8-9,11-12,25H,2-5,7,21H2,1H3/b16-9-. The number of pyridine rings is 2. The van der Waals surface area contributed by atoms with Crippen molar-refractivity contribution in [2.45, 2.75) is 38.1 Å². The Bertz CT molecular complexity index is 1070. The Labute approximate surface area is 159 Å². The number of nitro groups is 1. The van der Waals surface area contributed by atoms with E-state index in [-0.39, 0.29) is 17.5 Å². The Hall–Kier alpha value is -2.94. The number of aromatic nitrogens is 1. The van der Waals surface area contributed by atoms with E-state index in [9.17, 15) is 20.0 Å². The van der Waals surface area contributed by atoms with Gasteiger partial charge in [0.25, 0.3) is 11.8 Å². The second-order valence-electron chi connectivity index (χ2n) is 7.56. The zero-order valence-corrected chi connectivity index (χ0v) is 15.4. The molecule has 2 aliphatic rings. The summed E-state index contributed by atoms with van der Waals surface area (Å²) in [4.78, 5) is 24.6. The molecule has 2 aromatic rings. The number of halogens is 1. The van der Waals surface area contributed by atoms with Crippen LogP contribution < -0.4 is 16.2 Å². The van der Waals surface area contributed by atoms with Crippen LogP contribution >= 0.6 is 0 Å². The van der Waals surface area contributed by atoms with Crippen LogP contribution in [0.25, 0.3) is 11.3 Å². The lowest BCUT2D eigenvalue weighted by atomic mass is 10.0. The Morgan fingerprint density at radius 2 is 2.14 bits per heavy atom. The first kappa shape index (κ1) is 18.4. The van der Waals surface area contributed by atoms with Crippen molar-refractivity contribution >= 4 is 17.0 Å². The van der Waals surface area contributed by atoms with Crippen LogP contribution in [-0.4, -0.2) is 33.6 Å². The van der Waals surface area contributed by atoms with Gasteiger partial charge in [-0.25, -0.2) is 4.39 Å². The number of aryl methyl sites for hydroxylation is 1. The summed E-state index contributed by atoms with van der Waals surface area (Å²) in [6.07, 6.45) is 4.08. The van der Waals surface area contributed by atoms with Gasteiger partial charge in [-0.15, -0.1) is 0 Å². The fourth-order valence-corrected chi connectivity index (χ4v) is 4.08. The number of aliphatic hydroxyl groups is 1. The predicted octanol–water partition coefficient (Wildman–Crippen LogP) is 2.29. The summed E-state index contributed by atoms with van der Waals surface area (Å²) in [5.41, 5.74) is 7.54. The first-order valence-corrected chi connectivity index (χ1v) is 9.21. The number of aliphatic hydroxyl groups excluding tert-OH is 1. The molecule has 8 nitrogen and oxygen atoms in total. The highest BCUT2D eigenvalue weighted by Gasteiger charge is 2.31. The van der Waals surface area contributed by atoms with Crippen molar-refractivity contribution < 1.29 is 14.4 Å². The Balaban J connectivity index is 2.00. The fourth-order valence-electron chi connectivity index (χ4n) is 4.08. The zero-order valence-electron chi connectivity index (χ0n) is 15.4. The average Bonchev–Trinajstić information content (AvgIpc) is 3.37. The van der Waals surface area contributed by atoms with Crippen molar-refractivity contribution in [2.24, 2.45) is 5.73 Å². The maximum Gasteiger partial charge on any atom is 0.276 e. The normalized spacial score (nSPS) is 20.2. The second kappa shape index (κ2) is 6.59. The maximum absolute atomic E-state index is 15.0. The van der Waals surface area contributed by atoms with Crippen LogP contribution in [-0.2, 0) is 0 Å². The van der Waals surface area contributed by atoms with Crippen LogP contribution in [0, 0.1) is 22.9 Å². The van der Waals surface area contributed by atoms with Crippen molar-refractivity contribution in [2.75, 3.05) is 18.0 Å². The lowest BCUT2D eigenvalue weighted by molar-refractivity contribution is -0.402. The van der Waals surface area contributed by atoms with Crippen LogP contribution in [0.5, 0.6) is 0 Å². The van der Waals surface area contributed by atoms with Crippen LogP contribution in [0.2, 0.25) is 0 Å². The first-order chi connectivity index (χ1) is 13.3. The number of fused-ring (bicyclic) bond motifs is 1. The molecule has 1 atom stereocenters. The molecule has 3 heterocycles. The summed E-state index contributed by atoms with van der Waals surface area (Å²) < 4.78 is 16.2. The summed E-state index contributed by atoms with van der Waals surface area (Å²) in [5.74, 6) is -1.12. The molecular formula is C19H21FN4O4. The Kier molecular flexibility index (Phi) is 4.34. The van der Waals surface area contributed by atoms with Gasteiger partial charge in [-0.1, -0.05) is 0 Å². The van der Waals surface area contributed by atoms with Crippen molar-refractivity contribution in [3.8, 4) is 0 Å². The fraction of sp³-hybridized carbons (Fsp3) is 0.421. The van der Waals surface area contributed by atoms with Gasteiger partial charge in [0, 0.05) is 19.1 Å². The number of nitrogens with two attached hydrogens (primary N) is 1.